The molecule has 0 unspecified atom stereocenters. The zero-order chi connectivity index (χ0) is 19.2. The van der Waals surface area contributed by atoms with E-state index in [0.29, 0.717) is 0 Å². The Morgan fingerprint density at radius 2 is 1.77 bits per heavy atom. The van der Waals surface area contributed by atoms with Gasteiger partial charge in [0.25, 0.3) is 0 Å². The minimum absolute atomic E-state index is 0.0409. The molecule has 5 nitrogen and oxygen atoms in total. The van der Waals surface area contributed by atoms with Gasteiger partial charge in [-0.15, -0.1) is 0 Å². The summed E-state index contributed by atoms with van der Waals surface area (Å²) in [4.78, 5) is 23.4. The number of benzene rings is 2. The largest absolute Gasteiger partial charge is 0.416 e. The predicted octanol–water partition coefficient (Wildman–Crippen LogP) is 3.49. The minimum atomic E-state index is -4.51. The van der Waals surface area contributed by atoms with Gasteiger partial charge in [-0.3, -0.25) is 9.59 Å². The molecule has 2 rings (SSSR count). The maximum absolute atomic E-state index is 12.6. The predicted molar refractivity (Wildman–Crippen MR) is 91.6 cm³/mol. The van der Waals surface area contributed by atoms with Crippen LogP contribution in [0.1, 0.15) is 23.1 Å². The average Bonchev–Trinajstić information content (AvgIpc) is 2.56. The summed E-state index contributed by atoms with van der Waals surface area (Å²) in [6, 6.07) is 11.5. The lowest BCUT2D eigenvalue weighted by molar-refractivity contribution is -0.137. The number of hydrazone groups is 1. The number of hydrogen-bond acceptors (Lipinski definition) is 3. The summed E-state index contributed by atoms with van der Waals surface area (Å²) < 4.78 is 37.9. The molecule has 2 aromatic rings. The van der Waals surface area contributed by atoms with Crippen LogP contribution in [-0.4, -0.2) is 18.0 Å². The highest BCUT2D eigenvalue weighted by atomic mass is 19.4. The van der Waals surface area contributed by atoms with E-state index in [1.807, 2.05) is 31.2 Å². The van der Waals surface area contributed by atoms with Crippen LogP contribution in [0.15, 0.2) is 53.6 Å². The Kier molecular flexibility index (Phi) is 6.11. The Bertz CT molecular complexity index is 815. The molecular formula is C18H16F3N3O2. The van der Waals surface area contributed by atoms with Crippen LogP contribution in [-0.2, 0) is 15.8 Å². The Morgan fingerprint density at radius 3 is 2.42 bits per heavy atom. The lowest BCUT2D eigenvalue weighted by atomic mass is 10.2. The Balaban J connectivity index is 1.85. The van der Waals surface area contributed by atoms with Crippen molar-refractivity contribution in [2.24, 2.45) is 5.10 Å². The van der Waals surface area contributed by atoms with Crippen LogP contribution in [0.2, 0.25) is 0 Å². The molecule has 0 atom stereocenters. The molecular weight excluding hydrogens is 347 g/mol. The lowest BCUT2D eigenvalue weighted by Gasteiger charge is -2.09. The quantitative estimate of drug-likeness (QED) is 0.485. The molecule has 0 saturated carbocycles. The van der Waals surface area contributed by atoms with Crippen LogP contribution >= 0.6 is 0 Å². The summed E-state index contributed by atoms with van der Waals surface area (Å²) >= 11 is 0. The Labute approximate surface area is 147 Å². The van der Waals surface area contributed by atoms with Gasteiger partial charge < -0.3 is 5.32 Å². The second-order valence-corrected chi connectivity index (χ2v) is 5.51. The fraction of sp³-hybridized carbons (Fsp3) is 0.167. The molecule has 0 spiro atoms. The average molecular weight is 363 g/mol. The number of nitrogens with zero attached hydrogens (tertiary/aromatic N) is 1. The number of aryl methyl sites for hydroxylation is 1. The van der Waals surface area contributed by atoms with E-state index >= 15 is 0 Å². The summed E-state index contributed by atoms with van der Waals surface area (Å²) in [5, 5.41) is 5.97. The van der Waals surface area contributed by atoms with Crippen molar-refractivity contribution in [1.29, 1.82) is 0 Å². The van der Waals surface area contributed by atoms with Gasteiger partial charge in [0.1, 0.15) is 6.42 Å². The molecule has 0 saturated heterocycles. The molecule has 0 aliphatic heterocycles. The van der Waals surface area contributed by atoms with E-state index in [1.165, 1.54) is 18.3 Å². The number of nitrogens with one attached hydrogen (secondary N) is 2. The summed E-state index contributed by atoms with van der Waals surface area (Å²) in [6.45, 7) is 1.94. The van der Waals surface area contributed by atoms with Gasteiger partial charge in [0, 0.05) is 5.69 Å². The molecule has 8 heteroatoms. The highest BCUT2D eigenvalue weighted by molar-refractivity contribution is 6.03. The number of rotatable bonds is 5. The molecule has 0 aromatic heterocycles. The fourth-order valence-corrected chi connectivity index (χ4v) is 2.00. The van der Waals surface area contributed by atoms with Gasteiger partial charge in [0.2, 0.25) is 11.8 Å². The van der Waals surface area contributed by atoms with Gasteiger partial charge in [-0.05, 0) is 30.7 Å². The highest BCUT2D eigenvalue weighted by Crippen LogP contribution is 2.30. The fourth-order valence-electron chi connectivity index (χ4n) is 2.00. The summed E-state index contributed by atoms with van der Waals surface area (Å²) in [6.07, 6.45) is -3.66. The molecule has 0 radical (unpaired) electrons. The zero-order valence-corrected chi connectivity index (χ0v) is 13.8. The molecule has 0 aliphatic carbocycles. The van der Waals surface area contributed by atoms with Gasteiger partial charge in [0.05, 0.1) is 11.8 Å². The van der Waals surface area contributed by atoms with Crippen LogP contribution in [0.4, 0.5) is 18.9 Å². The number of carbonyl (C=O) groups excluding carboxylic acids is 2. The third-order valence-electron chi connectivity index (χ3n) is 3.27. The lowest BCUT2D eigenvalue weighted by Crippen LogP contribution is -2.24. The molecule has 0 heterocycles. The first kappa shape index (κ1) is 19.2. The van der Waals surface area contributed by atoms with Crippen LogP contribution in [0.25, 0.3) is 0 Å². The van der Waals surface area contributed by atoms with E-state index in [9.17, 15) is 22.8 Å². The monoisotopic (exact) mass is 363 g/mol. The number of anilines is 1. The molecule has 2 aromatic carbocycles. The number of hydrogen-bond donors (Lipinski definition) is 2. The van der Waals surface area contributed by atoms with Crippen LogP contribution < -0.4 is 10.7 Å². The highest BCUT2D eigenvalue weighted by Gasteiger charge is 2.30. The van der Waals surface area contributed by atoms with Crippen molar-refractivity contribution in [2.75, 3.05) is 5.32 Å². The van der Waals surface area contributed by atoms with Gasteiger partial charge >= 0.3 is 6.18 Å². The third-order valence-corrected chi connectivity index (χ3v) is 3.27. The normalized spacial score (nSPS) is 11.4. The van der Waals surface area contributed by atoms with Crippen molar-refractivity contribution in [3.8, 4) is 0 Å². The van der Waals surface area contributed by atoms with Crippen LogP contribution in [0.5, 0.6) is 0 Å². The maximum Gasteiger partial charge on any atom is 0.416 e. The number of alkyl halides is 3. The van der Waals surface area contributed by atoms with E-state index in [4.69, 9.17) is 0 Å². The van der Waals surface area contributed by atoms with Crippen molar-refractivity contribution < 1.29 is 22.8 Å². The van der Waals surface area contributed by atoms with Crippen molar-refractivity contribution in [2.45, 2.75) is 19.5 Å². The van der Waals surface area contributed by atoms with Crippen molar-refractivity contribution in [3.63, 3.8) is 0 Å². The number of amides is 2. The molecule has 0 aliphatic rings. The first-order valence-corrected chi connectivity index (χ1v) is 7.60. The van der Waals surface area contributed by atoms with E-state index in [2.05, 4.69) is 15.8 Å². The molecule has 2 amide bonds. The second-order valence-electron chi connectivity index (χ2n) is 5.51. The summed E-state index contributed by atoms with van der Waals surface area (Å²) in [5.74, 6) is -1.43. The SMILES string of the molecule is Cc1ccc(/C=N/NC(=O)CC(=O)Nc2cccc(C(F)(F)F)c2)cc1. The summed E-state index contributed by atoms with van der Waals surface area (Å²) in [5.41, 5.74) is 3.11. The zero-order valence-electron chi connectivity index (χ0n) is 13.8. The van der Waals surface area contributed by atoms with Crippen molar-refractivity contribution in [1.82, 2.24) is 5.43 Å². The van der Waals surface area contributed by atoms with Gasteiger partial charge in [-0.2, -0.15) is 18.3 Å². The minimum Gasteiger partial charge on any atom is -0.326 e. The van der Waals surface area contributed by atoms with Crippen LogP contribution in [0, 0.1) is 6.92 Å². The number of carbonyl (C=O) groups is 2. The molecule has 0 bridgehead atoms. The van der Waals surface area contributed by atoms with E-state index in [0.717, 1.165) is 23.3 Å². The number of halogens is 3. The van der Waals surface area contributed by atoms with Gasteiger partial charge in [0.15, 0.2) is 0 Å². The third kappa shape index (κ3) is 6.04. The van der Waals surface area contributed by atoms with Crippen molar-refractivity contribution >= 4 is 23.7 Å². The topological polar surface area (TPSA) is 70.6 Å². The Hall–Kier alpha value is -3.16. The maximum atomic E-state index is 12.6. The summed E-state index contributed by atoms with van der Waals surface area (Å²) in [7, 11) is 0. The smallest absolute Gasteiger partial charge is 0.326 e. The van der Waals surface area contributed by atoms with Gasteiger partial charge in [-0.25, -0.2) is 5.43 Å². The second kappa shape index (κ2) is 8.28. The first-order valence-electron chi connectivity index (χ1n) is 7.60. The molecule has 0 fully saturated rings. The van der Waals surface area contributed by atoms with E-state index in [1.54, 1.807) is 0 Å². The molecule has 2 N–H and O–H groups in total. The molecule has 136 valence electrons. The standard InChI is InChI=1S/C18H16F3N3O2/c1-12-5-7-13(8-6-12)11-22-24-17(26)10-16(25)23-15-4-2-3-14(9-15)18(19,20)21/h2-9,11H,10H2,1H3,(H,23,25)(H,24,26)/b22-11+. The van der Waals surface area contributed by atoms with E-state index in [-0.39, 0.29) is 5.69 Å². The van der Waals surface area contributed by atoms with Crippen molar-refractivity contribution in [3.05, 3.63) is 65.2 Å². The molecule has 26 heavy (non-hydrogen) atoms. The van der Waals surface area contributed by atoms with Gasteiger partial charge in [-0.1, -0.05) is 35.9 Å². The first-order chi connectivity index (χ1) is 12.2. The van der Waals surface area contributed by atoms with Crippen LogP contribution in [0.3, 0.4) is 0 Å². The van der Waals surface area contributed by atoms with E-state index < -0.39 is 30.0 Å². The Morgan fingerprint density at radius 1 is 1.08 bits per heavy atom.